The third kappa shape index (κ3) is 2.81. The maximum absolute atomic E-state index is 5.69. The fraction of sp³-hybridized carbons (Fsp3) is 0.647. The fourth-order valence-electron chi connectivity index (χ4n) is 4.09. The maximum Gasteiger partial charge on any atom is 0.167 e. The lowest BCUT2D eigenvalue weighted by Gasteiger charge is -2.36. The molecule has 0 saturated carbocycles. The summed E-state index contributed by atoms with van der Waals surface area (Å²) in [6.07, 6.45) is 0. The quantitative estimate of drug-likeness (QED) is 0.582. The highest BCUT2D eigenvalue weighted by molar-refractivity contribution is 5.50. The van der Waals surface area contributed by atoms with E-state index >= 15 is 0 Å². The van der Waals surface area contributed by atoms with Crippen LogP contribution in [-0.2, 0) is 6.54 Å². The molecule has 3 rings (SSSR count). The lowest BCUT2D eigenvalue weighted by molar-refractivity contribution is -1.03. The summed E-state index contributed by atoms with van der Waals surface area (Å²) < 4.78 is 11.3. The highest BCUT2D eigenvalue weighted by Gasteiger charge is 2.38. The molecule has 2 aliphatic heterocycles. The van der Waals surface area contributed by atoms with Gasteiger partial charge in [-0.15, -0.1) is 0 Å². The summed E-state index contributed by atoms with van der Waals surface area (Å²) in [4.78, 5) is 3.45. The van der Waals surface area contributed by atoms with Gasteiger partial charge >= 0.3 is 0 Å². The SMILES string of the molecule is CC[NH+]1CC[NH+]([C@@H]2C[NH2+]Cc3c(OC)ccc(OC)c32)CC1. The third-order valence-corrected chi connectivity index (χ3v) is 5.41. The molecule has 0 spiro atoms. The lowest BCUT2D eigenvalue weighted by Crippen LogP contribution is -3.28. The van der Waals surface area contributed by atoms with Crippen molar-refractivity contribution in [2.45, 2.75) is 19.5 Å². The highest BCUT2D eigenvalue weighted by atomic mass is 16.5. The van der Waals surface area contributed by atoms with Crippen molar-refractivity contribution >= 4 is 0 Å². The minimum absolute atomic E-state index is 0.521. The summed E-state index contributed by atoms with van der Waals surface area (Å²) in [6.45, 7) is 10.7. The molecule has 0 aromatic heterocycles. The number of hydrogen-bond acceptors (Lipinski definition) is 2. The zero-order chi connectivity index (χ0) is 15.5. The molecule has 4 N–H and O–H groups in total. The van der Waals surface area contributed by atoms with Gasteiger partial charge in [0.2, 0.25) is 0 Å². The second kappa shape index (κ2) is 6.86. The lowest BCUT2D eigenvalue weighted by atomic mass is 9.93. The number of hydrogen-bond donors (Lipinski definition) is 3. The Morgan fingerprint density at radius 2 is 1.77 bits per heavy atom. The Labute approximate surface area is 133 Å². The van der Waals surface area contributed by atoms with Gasteiger partial charge in [0, 0.05) is 0 Å². The van der Waals surface area contributed by atoms with Crippen LogP contribution < -0.4 is 24.6 Å². The van der Waals surface area contributed by atoms with Gasteiger partial charge in [-0.25, -0.2) is 0 Å². The van der Waals surface area contributed by atoms with Gasteiger partial charge in [0.15, 0.2) is 6.04 Å². The molecular formula is C17H30N3O2+3. The summed E-state index contributed by atoms with van der Waals surface area (Å²) in [7, 11) is 3.55. The summed E-state index contributed by atoms with van der Waals surface area (Å²) in [5, 5.41) is 2.42. The van der Waals surface area contributed by atoms with E-state index in [2.05, 4.69) is 18.3 Å². The smallest absolute Gasteiger partial charge is 0.167 e. The van der Waals surface area contributed by atoms with E-state index in [0.29, 0.717) is 6.04 Å². The first-order chi connectivity index (χ1) is 10.8. The molecule has 122 valence electrons. The topological polar surface area (TPSA) is 44.0 Å². The molecule has 2 heterocycles. The first kappa shape index (κ1) is 15.6. The van der Waals surface area contributed by atoms with Gasteiger partial charge in [-0.05, 0) is 19.1 Å². The van der Waals surface area contributed by atoms with Crippen LogP contribution in [0.4, 0.5) is 0 Å². The zero-order valence-electron chi connectivity index (χ0n) is 14.1. The molecule has 0 radical (unpaired) electrons. The van der Waals surface area contributed by atoms with Crippen molar-refractivity contribution in [2.75, 3.05) is 53.5 Å². The van der Waals surface area contributed by atoms with Gasteiger partial charge in [-0.2, -0.15) is 0 Å². The first-order valence-electron chi connectivity index (χ1n) is 8.52. The fourth-order valence-corrected chi connectivity index (χ4v) is 4.09. The van der Waals surface area contributed by atoms with Crippen molar-refractivity contribution in [3.63, 3.8) is 0 Å². The van der Waals surface area contributed by atoms with Crippen LogP contribution in [0.1, 0.15) is 24.1 Å². The zero-order valence-corrected chi connectivity index (χ0v) is 14.1. The predicted molar refractivity (Wildman–Crippen MR) is 84.7 cm³/mol. The van der Waals surface area contributed by atoms with Crippen LogP contribution in [0.2, 0.25) is 0 Å². The Morgan fingerprint density at radius 1 is 1.09 bits per heavy atom. The van der Waals surface area contributed by atoms with Crippen LogP contribution in [0.25, 0.3) is 0 Å². The maximum atomic E-state index is 5.69. The molecule has 1 fully saturated rings. The molecule has 1 saturated heterocycles. The van der Waals surface area contributed by atoms with E-state index in [1.807, 2.05) is 6.07 Å². The first-order valence-corrected chi connectivity index (χ1v) is 8.52. The summed E-state index contributed by atoms with van der Waals surface area (Å²) in [6, 6.07) is 4.64. The Balaban J connectivity index is 1.90. The molecule has 0 amide bonds. The normalized spacial score (nSPS) is 28.0. The number of ether oxygens (including phenoxy) is 2. The minimum atomic E-state index is 0.521. The van der Waals surface area contributed by atoms with Crippen LogP contribution in [0.5, 0.6) is 11.5 Å². The van der Waals surface area contributed by atoms with E-state index in [1.165, 1.54) is 43.9 Å². The number of methoxy groups -OCH3 is 2. The number of quaternary nitrogens is 3. The molecule has 0 aliphatic carbocycles. The van der Waals surface area contributed by atoms with Crippen LogP contribution in [-0.4, -0.2) is 53.5 Å². The van der Waals surface area contributed by atoms with Crippen LogP contribution in [0.3, 0.4) is 0 Å². The van der Waals surface area contributed by atoms with E-state index in [1.54, 1.807) is 24.0 Å². The summed E-state index contributed by atoms with van der Waals surface area (Å²) in [5.41, 5.74) is 2.72. The number of nitrogens with two attached hydrogens (primary N) is 1. The molecule has 2 aliphatic rings. The summed E-state index contributed by atoms with van der Waals surface area (Å²) in [5.74, 6) is 2.04. The number of benzene rings is 1. The third-order valence-electron chi connectivity index (χ3n) is 5.41. The Morgan fingerprint density at radius 3 is 2.41 bits per heavy atom. The number of nitrogens with one attached hydrogen (secondary N) is 2. The van der Waals surface area contributed by atoms with Gasteiger partial charge < -0.3 is 24.6 Å². The molecule has 1 atom stereocenters. The molecule has 1 aromatic carbocycles. The Bertz CT molecular complexity index is 513. The molecule has 22 heavy (non-hydrogen) atoms. The van der Waals surface area contributed by atoms with Gasteiger partial charge in [-0.3, -0.25) is 0 Å². The Kier molecular flexibility index (Phi) is 4.86. The van der Waals surface area contributed by atoms with Gasteiger partial charge in [0.25, 0.3) is 0 Å². The van der Waals surface area contributed by atoms with E-state index in [9.17, 15) is 0 Å². The van der Waals surface area contributed by atoms with E-state index in [-0.39, 0.29) is 0 Å². The molecule has 0 bridgehead atoms. The van der Waals surface area contributed by atoms with Crippen molar-refractivity contribution in [1.29, 1.82) is 0 Å². The largest absolute Gasteiger partial charge is 0.496 e. The van der Waals surface area contributed by atoms with Crippen molar-refractivity contribution in [3.8, 4) is 11.5 Å². The Hall–Kier alpha value is -1.30. The monoisotopic (exact) mass is 308 g/mol. The van der Waals surface area contributed by atoms with Crippen molar-refractivity contribution in [1.82, 2.24) is 0 Å². The van der Waals surface area contributed by atoms with Crippen LogP contribution in [0, 0.1) is 0 Å². The van der Waals surface area contributed by atoms with E-state index < -0.39 is 0 Å². The number of piperazine rings is 1. The standard InChI is InChI=1S/C17H27N3O2/c1-4-19-7-9-20(10-8-19)14-12-18-11-13-15(21-2)5-6-16(22-3)17(13)14/h5-6,14,18H,4,7-12H2,1-3H3/p+3/t14-/m1/s1. The van der Waals surface area contributed by atoms with Crippen molar-refractivity contribution in [3.05, 3.63) is 23.3 Å². The molecular weight excluding hydrogens is 278 g/mol. The van der Waals surface area contributed by atoms with Gasteiger partial charge in [0.1, 0.15) is 50.8 Å². The molecule has 5 nitrogen and oxygen atoms in total. The van der Waals surface area contributed by atoms with Crippen molar-refractivity contribution < 1.29 is 24.6 Å². The van der Waals surface area contributed by atoms with E-state index in [0.717, 1.165) is 24.6 Å². The average Bonchev–Trinajstić information content (AvgIpc) is 2.60. The van der Waals surface area contributed by atoms with Crippen LogP contribution in [0.15, 0.2) is 12.1 Å². The number of likely N-dealkylation sites (N-methyl/N-ethyl adjacent to an activating group) is 1. The molecule has 5 heteroatoms. The average molecular weight is 308 g/mol. The molecule has 0 unspecified atom stereocenters. The van der Waals surface area contributed by atoms with Crippen molar-refractivity contribution in [2.24, 2.45) is 0 Å². The number of rotatable bonds is 4. The highest BCUT2D eigenvalue weighted by Crippen LogP contribution is 2.34. The van der Waals surface area contributed by atoms with Gasteiger partial charge in [-0.1, -0.05) is 0 Å². The predicted octanol–water partition coefficient (Wildman–Crippen LogP) is -2.37. The number of fused-ring (bicyclic) bond motifs is 1. The molecule has 1 aromatic rings. The second-order valence-corrected chi connectivity index (χ2v) is 6.41. The second-order valence-electron chi connectivity index (χ2n) is 6.41. The van der Waals surface area contributed by atoms with E-state index in [4.69, 9.17) is 9.47 Å². The minimum Gasteiger partial charge on any atom is -0.496 e. The van der Waals surface area contributed by atoms with Crippen LogP contribution >= 0.6 is 0 Å². The van der Waals surface area contributed by atoms with Gasteiger partial charge in [0.05, 0.1) is 31.9 Å². The summed E-state index contributed by atoms with van der Waals surface area (Å²) >= 11 is 0.